The molecule has 0 aliphatic carbocycles. The van der Waals surface area contributed by atoms with E-state index in [2.05, 4.69) is 86.4 Å². The van der Waals surface area contributed by atoms with E-state index < -0.39 is 8.07 Å². The highest BCUT2D eigenvalue weighted by Gasteiger charge is 2.15. The minimum absolute atomic E-state index is 1.08. The first-order valence-corrected chi connectivity index (χ1v) is 12.9. The zero-order chi connectivity index (χ0) is 17.4. The molecular formula is C22H21NSSi. The molecule has 0 aliphatic rings. The van der Waals surface area contributed by atoms with Gasteiger partial charge in [0, 0.05) is 5.56 Å². The minimum atomic E-state index is -1.23. The van der Waals surface area contributed by atoms with Crippen LogP contribution in [0, 0.1) is 0 Å². The summed E-state index contributed by atoms with van der Waals surface area (Å²) in [6, 6.07) is 26.2. The Morgan fingerprint density at radius 3 is 1.84 bits per heavy atom. The lowest BCUT2D eigenvalue weighted by atomic mass is 10.0. The molecule has 0 bridgehead atoms. The molecule has 0 fully saturated rings. The molecule has 0 N–H and O–H groups in total. The lowest BCUT2D eigenvalue weighted by molar-refractivity contribution is 1.47. The van der Waals surface area contributed by atoms with E-state index in [4.69, 9.17) is 4.98 Å². The number of hydrogen-bond donors (Lipinski definition) is 0. The molecular weight excluding hydrogens is 338 g/mol. The van der Waals surface area contributed by atoms with Gasteiger partial charge in [-0.1, -0.05) is 85.5 Å². The Bertz CT molecular complexity index is 976. The van der Waals surface area contributed by atoms with Crippen LogP contribution >= 0.6 is 11.3 Å². The molecule has 0 atom stereocenters. The van der Waals surface area contributed by atoms with Crippen molar-refractivity contribution in [3.8, 4) is 21.7 Å². The van der Waals surface area contributed by atoms with Crippen molar-refractivity contribution in [2.24, 2.45) is 0 Å². The second-order valence-electron chi connectivity index (χ2n) is 7.39. The van der Waals surface area contributed by atoms with Crippen molar-refractivity contribution in [3.63, 3.8) is 0 Å². The summed E-state index contributed by atoms with van der Waals surface area (Å²) in [6.07, 6.45) is 0. The fraction of sp³-hybridized carbons (Fsp3) is 0.136. The van der Waals surface area contributed by atoms with E-state index >= 15 is 0 Å². The van der Waals surface area contributed by atoms with Crippen LogP contribution in [0.2, 0.25) is 19.6 Å². The normalized spacial score (nSPS) is 11.8. The van der Waals surface area contributed by atoms with Gasteiger partial charge in [0.05, 0.1) is 18.3 Å². The number of benzene rings is 3. The zero-order valence-electron chi connectivity index (χ0n) is 14.8. The molecule has 4 rings (SSSR count). The average Bonchev–Trinajstić information content (AvgIpc) is 3.05. The Morgan fingerprint density at radius 1 is 0.680 bits per heavy atom. The van der Waals surface area contributed by atoms with E-state index in [9.17, 15) is 0 Å². The molecule has 1 aromatic heterocycles. The number of para-hydroxylation sites is 1. The monoisotopic (exact) mass is 359 g/mol. The third kappa shape index (κ3) is 3.30. The second kappa shape index (κ2) is 6.25. The lowest BCUT2D eigenvalue weighted by Crippen LogP contribution is -2.37. The van der Waals surface area contributed by atoms with E-state index in [-0.39, 0.29) is 0 Å². The zero-order valence-corrected chi connectivity index (χ0v) is 16.6. The fourth-order valence-corrected chi connectivity index (χ4v) is 5.10. The van der Waals surface area contributed by atoms with E-state index in [1.54, 1.807) is 11.3 Å². The molecule has 0 saturated carbocycles. The summed E-state index contributed by atoms with van der Waals surface area (Å²) < 4.78 is 1.24. The van der Waals surface area contributed by atoms with Crippen LogP contribution in [-0.4, -0.2) is 13.1 Å². The smallest absolute Gasteiger partial charge is 0.124 e. The number of thiazole rings is 1. The maximum Gasteiger partial charge on any atom is 0.124 e. The fourth-order valence-electron chi connectivity index (χ4n) is 2.96. The summed E-state index contributed by atoms with van der Waals surface area (Å²) in [5.41, 5.74) is 4.79. The standard InChI is InChI=1S/C22H21NSSi/c1-25(2,3)19-14-12-17(13-15-19)16-8-10-18(11-9-16)22-23-20-6-4-5-7-21(20)24-22/h4-15H,1-3H3. The Kier molecular flexibility index (Phi) is 4.06. The lowest BCUT2D eigenvalue weighted by Gasteiger charge is -2.16. The highest BCUT2D eigenvalue weighted by atomic mass is 32.1. The van der Waals surface area contributed by atoms with Gasteiger partial charge in [-0.3, -0.25) is 0 Å². The molecule has 1 heterocycles. The van der Waals surface area contributed by atoms with Gasteiger partial charge in [0.15, 0.2) is 0 Å². The van der Waals surface area contributed by atoms with E-state index in [0.717, 1.165) is 10.5 Å². The van der Waals surface area contributed by atoms with Gasteiger partial charge in [-0.15, -0.1) is 11.3 Å². The van der Waals surface area contributed by atoms with Crippen LogP contribution < -0.4 is 5.19 Å². The van der Waals surface area contributed by atoms with Crippen molar-refractivity contribution in [1.29, 1.82) is 0 Å². The predicted molar refractivity (Wildman–Crippen MR) is 113 cm³/mol. The minimum Gasteiger partial charge on any atom is -0.236 e. The van der Waals surface area contributed by atoms with Crippen LogP contribution in [0.1, 0.15) is 0 Å². The largest absolute Gasteiger partial charge is 0.236 e. The van der Waals surface area contributed by atoms with E-state index in [0.29, 0.717) is 0 Å². The summed E-state index contributed by atoms with van der Waals surface area (Å²) in [5.74, 6) is 0. The van der Waals surface area contributed by atoms with Crippen molar-refractivity contribution in [2.45, 2.75) is 19.6 Å². The van der Waals surface area contributed by atoms with Gasteiger partial charge in [0.1, 0.15) is 5.01 Å². The maximum atomic E-state index is 4.75. The molecule has 0 saturated heterocycles. The predicted octanol–water partition coefficient (Wildman–Crippen LogP) is 6.18. The third-order valence-electron chi connectivity index (χ3n) is 4.51. The van der Waals surface area contributed by atoms with Crippen LogP contribution in [0.15, 0.2) is 72.8 Å². The van der Waals surface area contributed by atoms with Gasteiger partial charge in [-0.05, 0) is 23.3 Å². The van der Waals surface area contributed by atoms with Crippen LogP contribution in [0.3, 0.4) is 0 Å². The molecule has 0 aliphatic heterocycles. The average molecular weight is 360 g/mol. The van der Waals surface area contributed by atoms with Crippen LogP contribution in [0.25, 0.3) is 31.9 Å². The van der Waals surface area contributed by atoms with Gasteiger partial charge in [0.2, 0.25) is 0 Å². The summed E-state index contributed by atoms with van der Waals surface area (Å²) in [4.78, 5) is 4.75. The van der Waals surface area contributed by atoms with Crippen LogP contribution in [0.4, 0.5) is 0 Å². The number of fused-ring (bicyclic) bond motifs is 1. The molecule has 25 heavy (non-hydrogen) atoms. The third-order valence-corrected chi connectivity index (χ3v) is 7.66. The van der Waals surface area contributed by atoms with Crippen molar-refractivity contribution in [2.75, 3.05) is 0 Å². The second-order valence-corrected chi connectivity index (χ2v) is 13.5. The first-order valence-electron chi connectivity index (χ1n) is 8.58. The van der Waals surface area contributed by atoms with Crippen LogP contribution in [-0.2, 0) is 0 Å². The van der Waals surface area contributed by atoms with E-state index in [1.165, 1.54) is 26.6 Å². The molecule has 0 unspecified atom stereocenters. The Balaban J connectivity index is 1.63. The topological polar surface area (TPSA) is 12.9 Å². The summed E-state index contributed by atoms with van der Waals surface area (Å²) in [5, 5.41) is 2.59. The molecule has 3 aromatic carbocycles. The first-order chi connectivity index (χ1) is 12.0. The van der Waals surface area contributed by atoms with Gasteiger partial charge in [-0.25, -0.2) is 4.98 Å². The Labute approximate surface area is 154 Å². The molecule has 0 radical (unpaired) electrons. The SMILES string of the molecule is C[Si](C)(C)c1ccc(-c2ccc(-c3nc4ccccc4s3)cc2)cc1. The maximum absolute atomic E-state index is 4.75. The Hall–Kier alpha value is -2.23. The molecule has 4 aromatic rings. The quantitative estimate of drug-likeness (QED) is 0.398. The Morgan fingerprint density at radius 2 is 1.24 bits per heavy atom. The van der Waals surface area contributed by atoms with Crippen LogP contribution in [0.5, 0.6) is 0 Å². The van der Waals surface area contributed by atoms with Crippen molar-refractivity contribution < 1.29 is 0 Å². The summed E-state index contributed by atoms with van der Waals surface area (Å²) in [7, 11) is -1.23. The summed E-state index contributed by atoms with van der Waals surface area (Å²) in [6.45, 7) is 7.15. The molecule has 0 spiro atoms. The van der Waals surface area contributed by atoms with Gasteiger partial charge >= 0.3 is 0 Å². The number of nitrogens with zero attached hydrogens (tertiary/aromatic N) is 1. The van der Waals surface area contributed by atoms with Gasteiger partial charge < -0.3 is 0 Å². The summed E-state index contributed by atoms with van der Waals surface area (Å²) >= 11 is 1.75. The number of hydrogen-bond acceptors (Lipinski definition) is 2. The molecule has 1 nitrogen and oxygen atoms in total. The van der Waals surface area contributed by atoms with Gasteiger partial charge in [0.25, 0.3) is 0 Å². The van der Waals surface area contributed by atoms with E-state index in [1.807, 2.05) is 6.07 Å². The molecule has 0 amide bonds. The first kappa shape index (κ1) is 16.2. The van der Waals surface area contributed by atoms with Crippen molar-refractivity contribution in [1.82, 2.24) is 4.98 Å². The van der Waals surface area contributed by atoms with Crippen molar-refractivity contribution in [3.05, 3.63) is 72.8 Å². The highest BCUT2D eigenvalue weighted by molar-refractivity contribution is 7.21. The van der Waals surface area contributed by atoms with Gasteiger partial charge in [-0.2, -0.15) is 0 Å². The number of rotatable bonds is 3. The highest BCUT2D eigenvalue weighted by Crippen LogP contribution is 2.31. The molecule has 3 heteroatoms. The molecule has 124 valence electrons. The van der Waals surface area contributed by atoms with Crippen molar-refractivity contribution >= 4 is 34.8 Å². The number of aromatic nitrogens is 1.